The third kappa shape index (κ3) is 3.86. The molecule has 0 aromatic rings. The first-order valence-electron chi connectivity index (χ1n) is 6.23. The maximum Gasteiger partial charge on any atom is 0.490 e. The molecule has 0 spiro atoms. The molecule has 5 nitrogen and oxygen atoms in total. The largest absolute Gasteiger partial charge is 0.490 e. The quantitative estimate of drug-likeness (QED) is 0.721. The van der Waals surface area contributed by atoms with Crippen molar-refractivity contribution in [1.82, 2.24) is 5.32 Å². The molecule has 2 aliphatic heterocycles. The van der Waals surface area contributed by atoms with Gasteiger partial charge in [-0.25, -0.2) is 4.79 Å². The standard InChI is InChI=1S/C9H18BNO2.C2HF3O2/c1-8(2)9(3,4)13-10(12-8)7-5-11-6-7;3-2(4,5)1(6)7/h7,11H,5-6H2,1-4H3;(H,6,7). The van der Waals surface area contributed by atoms with Crippen molar-refractivity contribution in [3.8, 4) is 0 Å². The van der Waals surface area contributed by atoms with Crippen molar-refractivity contribution in [1.29, 1.82) is 0 Å². The second-order valence-electron chi connectivity index (χ2n) is 5.85. The van der Waals surface area contributed by atoms with Gasteiger partial charge in [-0.05, 0) is 40.8 Å². The van der Waals surface area contributed by atoms with Crippen molar-refractivity contribution in [2.75, 3.05) is 13.1 Å². The SMILES string of the molecule is CC1(C)OB(C2CNC2)OC1(C)C.O=C(O)C(F)(F)F. The molecule has 0 unspecified atom stereocenters. The van der Waals surface area contributed by atoms with Gasteiger partial charge in [0.1, 0.15) is 0 Å². The number of carboxylic acid groups (broad SMARTS) is 1. The maximum absolute atomic E-state index is 10.6. The molecule has 2 heterocycles. The highest BCUT2D eigenvalue weighted by molar-refractivity contribution is 6.48. The average Bonchev–Trinajstić information content (AvgIpc) is 2.30. The predicted octanol–water partition coefficient (Wildman–Crippen LogP) is 1.69. The van der Waals surface area contributed by atoms with Gasteiger partial charge in [0.25, 0.3) is 0 Å². The number of hydrogen-bond donors (Lipinski definition) is 2. The summed E-state index contributed by atoms with van der Waals surface area (Å²) in [4.78, 5) is 8.90. The van der Waals surface area contributed by atoms with Gasteiger partial charge in [0.15, 0.2) is 0 Å². The summed E-state index contributed by atoms with van der Waals surface area (Å²) < 4.78 is 43.5. The lowest BCUT2D eigenvalue weighted by molar-refractivity contribution is -0.192. The summed E-state index contributed by atoms with van der Waals surface area (Å²) >= 11 is 0. The van der Waals surface area contributed by atoms with Crippen LogP contribution in [0.3, 0.4) is 0 Å². The molecule has 2 rings (SSSR count). The Morgan fingerprint density at radius 2 is 1.55 bits per heavy atom. The summed E-state index contributed by atoms with van der Waals surface area (Å²) in [5, 5.41) is 10.4. The van der Waals surface area contributed by atoms with Gasteiger partial charge in [0.05, 0.1) is 11.2 Å². The van der Waals surface area contributed by atoms with Crippen LogP contribution in [0.25, 0.3) is 0 Å². The zero-order chi connectivity index (χ0) is 15.8. The first kappa shape index (κ1) is 17.3. The number of carbonyl (C=O) groups is 1. The van der Waals surface area contributed by atoms with Crippen molar-refractivity contribution >= 4 is 13.1 Å². The first-order valence-corrected chi connectivity index (χ1v) is 6.23. The molecule has 0 aromatic carbocycles. The van der Waals surface area contributed by atoms with Gasteiger partial charge >= 0.3 is 19.3 Å². The molecule has 0 aromatic heterocycles. The molecule has 20 heavy (non-hydrogen) atoms. The predicted molar refractivity (Wildman–Crippen MR) is 66.4 cm³/mol. The molecule has 0 amide bonds. The molecular formula is C11H19BF3NO4. The van der Waals surface area contributed by atoms with Crippen LogP contribution in [0.5, 0.6) is 0 Å². The van der Waals surface area contributed by atoms with E-state index in [4.69, 9.17) is 19.2 Å². The van der Waals surface area contributed by atoms with Crippen LogP contribution >= 0.6 is 0 Å². The molecule has 0 radical (unpaired) electrons. The Morgan fingerprint density at radius 1 is 1.20 bits per heavy atom. The smallest absolute Gasteiger partial charge is 0.475 e. The van der Waals surface area contributed by atoms with Gasteiger partial charge in [0, 0.05) is 5.82 Å². The Kier molecular flexibility index (Phi) is 4.78. The van der Waals surface area contributed by atoms with E-state index in [9.17, 15) is 13.2 Å². The zero-order valence-corrected chi connectivity index (χ0v) is 11.9. The molecule has 0 aliphatic carbocycles. The van der Waals surface area contributed by atoms with E-state index in [1.54, 1.807) is 0 Å². The minimum atomic E-state index is -5.08. The molecule has 0 atom stereocenters. The van der Waals surface area contributed by atoms with E-state index in [0.29, 0.717) is 5.82 Å². The fourth-order valence-corrected chi connectivity index (χ4v) is 1.58. The number of hydrogen-bond acceptors (Lipinski definition) is 4. The van der Waals surface area contributed by atoms with Gasteiger partial charge in [-0.15, -0.1) is 0 Å². The monoisotopic (exact) mass is 297 g/mol. The number of halogens is 3. The lowest BCUT2D eigenvalue weighted by atomic mass is 9.68. The summed E-state index contributed by atoms with van der Waals surface area (Å²) in [5.41, 5.74) is -0.347. The number of carboxylic acids is 1. The third-order valence-electron chi connectivity index (χ3n) is 3.71. The molecular weight excluding hydrogens is 278 g/mol. The molecule has 116 valence electrons. The van der Waals surface area contributed by atoms with Crippen LogP contribution in [-0.2, 0) is 14.1 Å². The van der Waals surface area contributed by atoms with Gasteiger partial charge < -0.3 is 19.7 Å². The van der Waals surface area contributed by atoms with Crippen LogP contribution < -0.4 is 5.32 Å². The summed E-state index contributed by atoms with van der Waals surface area (Å²) in [5.74, 6) is -2.21. The molecule has 2 aliphatic rings. The minimum Gasteiger partial charge on any atom is -0.475 e. The Balaban J connectivity index is 0.000000246. The molecule has 2 N–H and O–H groups in total. The van der Waals surface area contributed by atoms with E-state index < -0.39 is 12.1 Å². The highest BCUT2D eigenvalue weighted by Crippen LogP contribution is 2.40. The van der Waals surface area contributed by atoms with E-state index in [1.165, 1.54) is 0 Å². The number of nitrogens with one attached hydrogen (secondary N) is 1. The summed E-state index contributed by atoms with van der Waals surface area (Å²) in [7, 11) is -0.00810. The fraction of sp³-hybridized carbons (Fsp3) is 0.909. The van der Waals surface area contributed by atoms with Crippen molar-refractivity contribution < 1.29 is 32.4 Å². The zero-order valence-electron chi connectivity index (χ0n) is 11.9. The minimum absolute atomic E-state index is 0.00810. The normalized spacial score (nSPS) is 24.6. The maximum atomic E-state index is 10.6. The molecule has 2 saturated heterocycles. The highest BCUT2D eigenvalue weighted by Gasteiger charge is 2.54. The second-order valence-corrected chi connectivity index (χ2v) is 5.85. The summed E-state index contributed by atoms with van der Waals surface area (Å²) in [6.45, 7) is 10.4. The molecule has 0 bridgehead atoms. The van der Waals surface area contributed by atoms with Gasteiger partial charge in [-0.2, -0.15) is 13.2 Å². The fourth-order valence-electron chi connectivity index (χ4n) is 1.58. The van der Waals surface area contributed by atoms with Crippen LogP contribution in [0, 0.1) is 0 Å². The van der Waals surface area contributed by atoms with Crippen molar-refractivity contribution in [3.05, 3.63) is 0 Å². The highest BCUT2D eigenvalue weighted by atomic mass is 19.4. The molecule has 2 fully saturated rings. The van der Waals surface area contributed by atoms with Crippen LogP contribution in [0.4, 0.5) is 13.2 Å². The van der Waals surface area contributed by atoms with E-state index in [1.807, 2.05) is 0 Å². The third-order valence-corrected chi connectivity index (χ3v) is 3.71. The Bertz CT molecular complexity index is 353. The lowest BCUT2D eigenvalue weighted by Gasteiger charge is -2.32. The van der Waals surface area contributed by atoms with Gasteiger partial charge in [0.2, 0.25) is 0 Å². The van der Waals surface area contributed by atoms with Crippen molar-refractivity contribution in [2.24, 2.45) is 0 Å². The van der Waals surface area contributed by atoms with E-state index in [-0.39, 0.29) is 18.3 Å². The van der Waals surface area contributed by atoms with Crippen LogP contribution in [0.15, 0.2) is 0 Å². The van der Waals surface area contributed by atoms with Gasteiger partial charge in [-0.3, -0.25) is 0 Å². The average molecular weight is 297 g/mol. The van der Waals surface area contributed by atoms with Crippen LogP contribution in [-0.4, -0.2) is 48.7 Å². The van der Waals surface area contributed by atoms with Crippen LogP contribution in [0.2, 0.25) is 5.82 Å². The Labute approximate surface area is 116 Å². The summed E-state index contributed by atoms with van der Waals surface area (Å²) in [6, 6.07) is 0. The van der Waals surface area contributed by atoms with E-state index >= 15 is 0 Å². The first-order chi connectivity index (χ1) is 8.87. The topological polar surface area (TPSA) is 67.8 Å². The number of aliphatic carboxylic acids is 1. The molecule has 0 saturated carbocycles. The number of rotatable bonds is 1. The number of alkyl halides is 3. The van der Waals surface area contributed by atoms with Gasteiger partial charge in [-0.1, -0.05) is 0 Å². The Morgan fingerprint density at radius 3 is 1.75 bits per heavy atom. The van der Waals surface area contributed by atoms with E-state index in [0.717, 1.165) is 13.1 Å². The Hall–Kier alpha value is -0.795. The summed E-state index contributed by atoms with van der Waals surface area (Å²) in [6.07, 6.45) is -5.08. The lowest BCUT2D eigenvalue weighted by Crippen LogP contribution is -2.47. The molecule has 9 heteroatoms. The van der Waals surface area contributed by atoms with Crippen LogP contribution in [0.1, 0.15) is 27.7 Å². The van der Waals surface area contributed by atoms with Crippen molar-refractivity contribution in [3.63, 3.8) is 0 Å². The van der Waals surface area contributed by atoms with E-state index in [2.05, 4.69) is 33.0 Å². The van der Waals surface area contributed by atoms with Crippen molar-refractivity contribution in [2.45, 2.75) is 50.9 Å². The second kappa shape index (κ2) is 5.53.